The summed E-state index contributed by atoms with van der Waals surface area (Å²) in [6, 6.07) is 0. The second kappa shape index (κ2) is 3.56. The maximum atomic E-state index is 3.52. The quantitative estimate of drug-likeness (QED) is 0.602. The van der Waals surface area contributed by atoms with E-state index in [1.807, 2.05) is 0 Å². The number of hydrogen-bond acceptors (Lipinski definition) is 3. The number of likely N-dealkylation sites (N-methyl/N-ethyl adjacent to an activating group) is 1. The first kappa shape index (κ1) is 8.85. The van der Waals surface area contributed by atoms with Crippen molar-refractivity contribution in [1.29, 1.82) is 0 Å². The molecule has 2 aliphatic rings. The van der Waals surface area contributed by atoms with Crippen LogP contribution in [0.1, 0.15) is 12.8 Å². The first-order valence-electron chi connectivity index (χ1n) is 4.83. The minimum absolute atomic E-state index is 0.501. The summed E-state index contributed by atoms with van der Waals surface area (Å²) in [6.07, 6.45) is 2.79. The number of rotatable bonds is 0. The molecule has 0 radical (unpaired) electrons. The molecule has 2 saturated heterocycles. The van der Waals surface area contributed by atoms with E-state index in [0.717, 1.165) is 0 Å². The molecule has 2 nitrogen and oxygen atoms in total. The van der Waals surface area contributed by atoms with Crippen molar-refractivity contribution in [2.24, 2.45) is 0 Å². The van der Waals surface area contributed by atoms with Gasteiger partial charge in [-0.25, -0.2) is 0 Å². The lowest BCUT2D eigenvalue weighted by Gasteiger charge is -2.47. The van der Waals surface area contributed by atoms with Crippen molar-refractivity contribution < 1.29 is 0 Å². The molecule has 1 unspecified atom stereocenters. The fraction of sp³-hybridized carbons (Fsp3) is 1.00. The zero-order valence-corrected chi connectivity index (χ0v) is 8.62. The minimum Gasteiger partial charge on any atom is -0.314 e. The predicted molar refractivity (Wildman–Crippen MR) is 54.8 cm³/mol. The molecule has 0 saturated carbocycles. The summed E-state index contributed by atoms with van der Waals surface area (Å²) in [5.41, 5.74) is 0.501. The van der Waals surface area contributed by atoms with E-state index < -0.39 is 0 Å². The van der Waals surface area contributed by atoms with Crippen LogP contribution in [-0.4, -0.2) is 48.6 Å². The Hall–Kier alpha value is 0.270. The van der Waals surface area contributed by atoms with Crippen molar-refractivity contribution >= 4 is 11.8 Å². The fourth-order valence-corrected chi connectivity index (χ4v) is 3.56. The van der Waals surface area contributed by atoms with Gasteiger partial charge in [-0.2, -0.15) is 11.8 Å². The lowest BCUT2D eigenvalue weighted by atomic mass is 9.92. The van der Waals surface area contributed by atoms with E-state index in [2.05, 4.69) is 29.0 Å². The number of piperazine rings is 1. The Kier molecular flexibility index (Phi) is 2.63. The number of thioether (sulfide) groups is 1. The molecular weight excluding hydrogens is 168 g/mol. The largest absolute Gasteiger partial charge is 0.314 e. The maximum absolute atomic E-state index is 3.52. The number of nitrogens with one attached hydrogen (secondary N) is 1. The molecule has 2 heterocycles. The smallest absolute Gasteiger partial charge is 0.0421 e. The lowest BCUT2D eigenvalue weighted by Crippen LogP contribution is -2.62. The molecule has 0 amide bonds. The molecule has 2 rings (SSSR count). The summed E-state index contributed by atoms with van der Waals surface area (Å²) >= 11 is 2.12. The minimum atomic E-state index is 0.501. The molecule has 70 valence electrons. The van der Waals surface area contributed by atoms with E-state index in [0.29, 0.717) is 5.54 Å². The van der Waals surface area contributed by atoms with Crippen molar-refractivity contribution in [3.63, 3.8) is 0 Å². The Morgan fingerprint density at radius 2 is 2.42 bits per heavy atom. The van der Waals surface area contributed by atoms with Crippen molar-refractivity contribution in [3.05, 3.63) is 0 Å². The van der Waals surface area contributed by atoms with Gasteiger partial charge in [0.25, 0.3) is 0 Å². The van der Waals surface area contributed by atoms with Crippen LogP contribution in [0, 0.1) is 0 Å². The predicted octanol–water partition coefficient (Wildman–Crippen LogP) is 0.787. The van der Waals surface area contributed by atoms with Gasteiger partial charge in [-0.3, -0.25) is 4.90 Å². The molecule has 0 bridgehead atoms. The molecule has 0 aromatic rings. The van der Waals surface area contributed by atoms with E-state index in [4.69, 9.17) is 0 Å². The summed E-state index contributed by atoms with van der Waals surface area (Å²) in [5.74, 6) is 2.70. The lowest BCUT2D eigenvalue weighted by molar-refractivity contribution is 0.0973. The van der Waals surface area contributed by atoms with Crippen LogP contribution in [0.25, 0.3) is 0 Å². The van der Waals surface area contributed by atoms with Gasteiger partial charge < -0.3 is 5.32 Å². The van der Waals surface area contributed by atoms with Crippen LogP contribution < -0.4 is 5.32 Å². The third-order valence-corrected chi connectivity index (χ3v) is 4.51. The Labute approximate surface area is 79.1 Å². The normalized spacial score (nSPS) is 38.8. The van der Waals surface area contributed by atoms with Crippen LogP contribution in [-0.2, 0) is 0 Å². The van der Waals surface area contributed by atoms with Crippen LogP contribution in [0.4, 0.5) is 0 Å². The zero-order chi connectivity index (χ0) is 8.44. The molecule has 2 fully saturated rings. The second-order valence-corrected chi connectivity index (χ2v) is 5.08. The van der Waals surface area contributed by atoms with Gasteiger partial charge in [0.1, 0.15) is 0 Å². The second-order valence-electron chi connectivity index (χ2n) is 3.98. The van der Waals surface area contributed by atoms with Gasteiger partial charge in [0, 0.05) is 30.9 Å². The molecule has 1 N–H and O–H groups in total. The van der Waals surface area contributed by atoms with E-state index in [1.54, 1.807) is 0 Å². The van der Waals surface area contributed by atoms with Gasteiger partial charge >= 0.3 is 0 Å². The van der Waals surface area contributed by atoms with Crippen LogP contribution in [0.3, 0.4) is 0 Å². The zero-order valence-electron chi connectivity index (χ0n) is 7.81. The van der Waals surface area contributed by atoms with E-state index in [9.17, 15) is 0 Å². The Morgan fingerprint density at radius 3 is 3.08 bits per heavy atom. The van der Waals surface area contributed by atoms with Gasteiger partial charge in [-0.05, 0) is 25.6 Å². The fourth-order valence-electron chi connectivity index (χ4n) is 2.22. The van der Waals surface area contributed by atoms with Crippen molar-refractivity contribution in [1.82, 2.24) is 10.2 Å². The molecule has 12 heavy (non-hydrogen) atoms. The molecule has 1 atom stereocenters. The molecule has 3 heteroatoms. The number of nitrogens with zero attached hydrogens (tertiary/aromatic N) is 1. The molecule has 0 aromatic heterocycles. The standard InChI is InChI=1S/C9H18N2S/c1-11-5-4-10-7-9(11)3-2-6-12-8-9/h10H,2-8H2,1H3. The Balaban J connectivity index is 2.04. The van der Waals surface area contributed by atoms with Gasteiger partial charge in [0.05, 0.1) is 0 Å². The average molecular weight is 186 g/mol. The van der Waals surface area contributed by atoms with E-state index >= 15 is 0 Å². The van der Waals surface area contributed by atoms with Crippen molar-refractivity contribution in [3.8, 4) is 0 Å². The van der Waals surface area contributed by atoms with Gasteiger partial charge in [-0.1, -0.05) is 0 Å². The van der Waals surface area contributed by atoms with Gasteiger partial charge in [0.2, 0.25) is 0 Å². The number of hydrogen-bond donors (Lipinski definition) is 1. The molecule has 2 aliphatic heterocycles. The van der Waals surface area contributed by atoms with E-state index in [1.165, 1.54) is 44.0 Å². The Morgan fingerprint density at radius 1 is 1.50 bits per heavy atom. The third kappa shape index (κ3) is 1.50. The first-order chi connectivity index (χ1) is 5.83. The summed E-state index contributed by atoms with van der Waals surface area (Å²) in [4.78, 5) is 2.57. The summed E-state index contributed by atoms with van der Waals surface area (Å²) in [6.45, 7) is 3.60. The highest BCUT2D eigenvalue weighted by Gasteiger charge is 2.37. The highest BCUT2D eigenvalue weighted by molar-refractivity contribution is 7.99. The maximum Gasteiger partial charge on any atom is 0.0421 e. The Bertz CT molecular complexity index is 146. The highest BCUT2D eigenvalue weighted by atomic mass is 32.2. The third-order valence-electron chi connectivity index (χ3n) is 3.19. The van der Waals surface area contributed by atoms with Gasteiger partial charge in [0.15, 0.2) is 0 Å². The summed E-state index contributed by atoms with van der Waals surface area (Å²) in [7, 11) is 2.28. The molecule has 1 spiro atoms. The SMILES string of the molecule is CN1CCNCC12CCCSC2. The van der Waals surface area contributed by atoms with Crippen LogP contribution >= 0.6 is 11.8 Å². The summed E-state index contributed by atoms with van der Waals surface area (Å²) < 4.78 is 0. The molecule has 0 aliphatic carbocycles. The van der Waals surface area contributed by atoms with Crippen molar-refractivity contribution in [2.45, 2.75) is 18.4 Å². The van der Waals surface area contributed by atoms with Crippen LogP contribution in [0.15, 0.2) is 0 Å². The average Bonchev–Trinajstić information content (AvgIpc) is 2.12. The topological polar surface area (TPSA) is 15.3 Å². The van der Waals surface area contributed by atoms with Crippen LogP contribution in [0.2, 0.25) is 0 Å². The monoisotopic (exact) mass is 186 g/mol. The van der Waals surface area contributed by atoms with Gasteiger partial charge in [-0.15, -0.1) is 0 Å². The first-order valence-corrected chi connectivity index (χ1v) is 5.99. The molecular formula is C9H18N2S. The highest BCUT2D eigenvalue weighted by Crippen LogP contribution is 2.31. The van der Waals surface area contributed by atoms with Crippen LogP contribution in [0.5, 0.6) is 0 Å². The summed E-state index contributed by atoms with van der Waals surface area (Å²) in [5, 5.41) is 3.52. The van der Waals surface area contributed by atoms with Crippen molar-refractivity contribution in [2.75, 3.05) is 38.2 Å². The van der Waals surface area contributed by atoms with E-state index in [-0.39, 0.29) is 0 Å². The molecule has 0 aromatic carbocycles.